The number of rotatable bonds is 5. The second-order valence-electron chi connectivity index (χ2n) is 3.80. The Balaban J connectivity index is 2.08. The number of benzene rings is 1. The van der Waals surface area contributed by atoms with Gasteiger partial charge in [0.05, 0.1) is 13.7 Å². The first-order valence-corrected chi connectivity index (χ1v) is 6.42. The summed E-state index contributed by atoms with van der Waals surface area (Å²) in [4.78, 5) is 4.32. The molecule has 0 bridgehead atoms. The maximum Gasteiger partial charge on any atom is 0.140 e. The Labute approximate surface area is 110 Å². The zero-order valence-corrected chi connectivity index (χ0v) is 11.2. The highest BCUT2D eigenvalue weighted by atomic mass is 32.1. The van der Waals surface area contributed by atoms with E-state index in [9.17, 15) is 5.11 Å². The lowest BCUT2D eigenvalue weighted by Gasteiger charge is -2.10. The van der Waals surface area contributed by atoms with E-state index in [1.165, 1.54) is 0 Å². The molecule has 5 heteroatoms. The average molecular weight is 265 g/mol. The first-order chi connectivity index (χ1) is 8.72. The summed E-state index contributed by atoms with van der Waals surface area (Å²) < 4.78 is 10.8. The van der Waals surface area contributed by atoms with Crippen LogP contribution in [0.4, 0.5) is 0 Å². The lowest BCUT2D eigenvalue weighted by molar-refractivity contribution is 0.257. The topological polar surface area (TPSA) is 51.6 Å². The van der Waals surface area contributed by atoms with Crippen molar-refractivity contribution in [1.82, 2.24) is 4.98 Å². The van der Waals surface area contributed by atoms with E-state index in [0.29, 0.717) is 23.7 Å². The van der Waals surface area contributed by atoms with Gasteiger partial charge in [-0.15, -0.1) is 11.3 Å². The molecule has 1 heterocycles. The molecule has 0 amide bonds. The molecule has 0 aliphatic rings. The van der Waals surface area contributed by atoms with Crippen molar-refractivity contribution in [3.63, 3.8) is 0 Å². The van der Waals surface area contributed by atoms with Crippen molar-refractivity contribution < 1.29 is 14.6 Å². The number of aryl methyl sites for hydroxylation is 1. The molecule has 1 aromatic carbocycles. The SMILES string of the molecule is COc1ccc(OCc2nc(C)cs2)c(CO)c1. The quantitative estimate of drug-likeness (QED) is 0.902. The minimum absolute atomic E-state index is 0.0799. The van der Waals surface area contributed by atoms with Gasteiger partial charge in [-0.2, -0.15) is 0 Å². The fourth-order valence-electron chi connectivity index (χ4n) is 1.56. The molecule has 0 saturated carbocycles. The highest BCUT2D eigenvalue weighted by Gasteiger charge is 2.06. The highest BCUT2D eigenvalue weighted by molar-refractivity contribution is 7.09. The fourth-order valence-corrected chi connectivity index (χ4v) is 2.24. The molecular weight excluding hydrogens is 250 g/mol. The predicted octanol–water partition coefficient (Wildman–Crippen LogP) is 2.53. The molecule has 0 fully saturated rings. The summed E-state index contributed by atoms with van der Waals surface area (Å²) in [5.41, 5.74) is 1.71. The smallest absolute Gasteiger partial charge is 0.140 e. The monoisotopic (exact) mass is 265 g/mol. The standard InChI is InChI=1S/C13H15NO3S/c1-9-8-18-13(14-9)7-17-12-4-3-11(16-2)5-10(12)6-15/h3-5,8,15H,6-7H2,1-2H3. The summed E-state index contributed by atoms with van der Waals surface area (Å²) in [6, 6.07) is 5.37. The number of thiazole rings is 1. The lowest BCUT2D eigenvalue weighted by atomic mass is 10.2. The van der Waals surface area contributed by atoms with Gasteiger partial charge in [0.2, 0.25) is 0 Å². The van der Waals surface area contributed by atoms with E-state index >= 15 is 0 Å². The number of aliphatic hydroxyl groups is 1. The maximum absolute atomic E-state index is 9.29. The van der Waals surface area contributed by atoms with Crippen molar-refractivity contribution in [3.05, 3.63) is 39.8 Å². The number of nitrogens with zero attached hydrogens (tertiary/aromatic N) is 1. The molecule has 1 aromatic heterocycles. The van der Waals surface area contributed by atoms with Crippen LogP contribution in [0, 0.1) is 6.92 Å². The third kappa shape index (κ3) is 3.00. The van der Waals surface area contributed by atoms with E-state index in [1.54, 1.807) is 30.6 Å². The summed E-state index contributed by atoms with van der Waals surface area (Å²) >= 11 is 1.57. The van der Waals surface area contributed by atoms with Gasteiger partial charge in [-0.1, -0.05) is 0 Å². The van der Waals surface area contributed by atoms with Crippen molar-refractivity contribution in [1.29, 1.82) is 0 Å². The molecule has 0 radical (unpaired) electrons. The summed E-state index contributed by atoms with van der Waals surface area (Å²) in [5.74, 6) is 1.36. The van der Waals surface area contributed by atoms with Gasteiger partial charge in [-0.3, -0.25) is 0 Å². The summed E-state index contributed by atoms with van der Waals surface area (Å²) in [6.07, 6.45) is 0. The van der Waals surface area contributed by atoms with Gasteiger partial charge in [0, 0.05) is 16.6 Å². The van der Waals surface area contributed by atoms with Crippen molar-refractivity contribution in [2.75, 3.05) is 7.11 Å². The Morgan fingerprint density at radius 3 is 2.83 bits per heavy atom. The summed E-state index contributed by atoms with van der Waals surface area (Å²) in [5, 5.41) is 12.2. The van der Waals surface area contributed by atoms with Crippen molar-refractivity contribution >= 4 is 11.3 Å². The van der Waals surface area contributed by atoms with Crippen LogP contribution in [0.15, 0.2) is 23.6 Å². The van der Waals surface area contributed by atoms with Crippen LogP contribution in [0.3, 0.4) is 0 Å². The number of methoxy groups -OCH3 is 1. The van der Waals surface area contributed by atoms with Crippen LogP contribution in [0.2, 0.25) is 0 Å². The van der Waals surface area contributed by atoms with E-state index in [2.05, 4.69) is 4.98 Å². The zero-order chi connectivity index (χ0) is 13.0. The molecule has 18 heavy (non-hydrogen) atoms. The third-order valence-corrected chi connectivity index (χ3v) is 3.40. The van der Waals surface area contributed by atoms with Gasteiger partial charge in [0.1, 0.15) is 23.1 Å². The van der Waals surface area contributed by atoms with Gasteiger partial charge in [-0.25, -0.2) is 4.98 Å². The molecule has 2 rings (SSSR count). The van der Waals surface area contributed by atoms with Crippen LogP contribution < -0.4 is 9.47 Å². The van der Waals surface area contributed by atoms with Gasteiger partial charge in [0.25, 0.3) is 0 Å². The molecule has 4 nitrogen and oxygen atoms in total. The summed E-state index contributed by atoms with van der Waals surface area (Å²) in [6.45, 7) is 2.29. The van der Waals surface area contributed by atoms with E-state index in [0.717, 1.165) is 10.7 Å². The summed E-state index contributed by atoms with van der Waals surface area (Å²) in [7, 11) is 1.59. The Morgan fingerprint density at radius 2 is 2.22 bits per heavy atom. The average Bonchev–Trinajstić information content (AvgIpc) is 2.82. The van der Waals surface area contributed by atoms with Crippen LogP contribution in [-0.4, -0.2) is 17.2 Å². The molecule has 0 spiro atoms. The van der Waals surface area contributed by atoms with Crippen LogP contribution in [-0.2, 0) is 13.2 Å². The first-order valence-electron chi connectivity index (χ1n) is 5.54. The molecule has 0 atom stereocenters. The molecule has 2 aromatic rings. The van der Waals surface area contributed by atoms with Gasteiger partial charge >= 0.3 is 0 Å². The second kappa shape index (κ2) is 5.84. The Morgan fingerprint density at radius 1 is 1.39 bits per heavy atom. The molecule has 0 unspecified atom stereocenters. The van der Waals surface area contributed by atoms with Gasteiger partial charge < -0.3 is 14.6 Å². The zero-order valence-electron chi connectivity index (χ0n) is 10.3. The fraction of sp³-hybridized carbons (Fsp3) is 0.308. The lowest BCUT2D eigenvalue weighted by Crippen LogP contribution is -1.99. The third-order valence-electron chi connectivity index (χ3n) is 2.46. The Hall–Kier alpha value is -1.59. The van der Waals surface area contributed by atoms with Crippen LogP contribution in [0.5, 0.6) is 11.5 Å². The molecule has 0 aliphatic heterocycles. The number of aromatic nitrogens is 1. The van der Waals surface area contributed by atoms with Crippen LogP contribution >= 0.6 is 11.3 Å². The molecule has 0 saturated heterocycles. The molecular formula is C13H15NO3S. The van der Waals surface area contributed by atoms with E-state index in [1.807, 2.05) is 18.4 Å². The number of hydrogen-bond acceptors (Lipinski definition) is 5. The molecule has 0 aliphatic carbocycles. The Kier molecular flexibility index (Phi) is 4.17. The van der Waals surface area contributed by atoms with Crippen LogP contribution in [0.25, 0.3) is 0 Å². The number of hydrogen-bond donors (Lipinski definition) is 1. The minimum atomic E-state index is -0.0799. The second-order valence-corrected chi connectivity index (χ2v) is 4.75. The van der Waals surface area contributed by atoms with Crippen molar-refractivity contribution in [2.24, 2.45) is 0 Å². The van der Waals surface area contributed by atoms with Gasteiger partial charge in [-0.05, 0) is 25.1 Å². The predicted molar refractivity (Wildman–Crippen MR) is 70.1 cm³/mol. The minimum Gasteiger partial charge on any atom is -0.497 e. The molecule has 1 N–H and O–H groups in total. The maximum atomic E-state index is 9.29. The first kappa shape index (κ1) is 12.9. The van der Waals surface area contributed by atoms with E-state index in [4.69, 9.17) is 9.47 Å². The van der Waals surface area contributed by atoms with E-state index in [-0.39, 0.29) is 6.61 Å². The number of aliphatic hydroxyl groups excluding tert-OH is 1. The Bertz CT molecular complexity index is 525. The van der Waals surface area contributed by atoms with Crippen molar-refractivity contribution in [2.45, 2.75) is 20.1 Å². The van der Waals surface area contributed by atoms with Gasteiger partial charge in [0.15, 0.2) is 0 Å². The van der Waals surface area contributed by atoms with Crippen molar-refractivity contribution in [3.8, 4) is 11.5 Å². The van der Waals surface area contributed by atoms with E-state index < -0.39 is 0 Å². The number of ether oxygens (including phenoxy) is 2. The molecule has 96 valence electrons. The largest absolute Gasteiger partial charge is 0.497 e. The van der Waals surface area contributed by atoms with Crippen LogP contribution in [0.1, 0.15) is 16.3 Å². The normalized spacial score (nSPS) is 10.4. The highest BCUT2D eigenvalue weighted by Crippen LogP contribution is 2.25.